The fourth-order valence-electron chi connectivity index (χ4n) is 2.15. The number of rotatable bonds is 1. The Labute approximate surface area is 138 Å². The molecule has 2 heterocycles. The lowest BCUT2D eigenvalue weighted by Crippen LogP contribution is -2.49. The first-order chi connectivity index (χ1) is 9.74. The van der Waals surface area contributed by atoms with Gasteiger partial charge in [-0.1, -0.05) is 11.6 Å². The van der Waals surface area contributed by atoms with E-state index in [1.54, 1.807) is 4.90 Å². The van der Waals surface area contributed by atoms with Crippen molar-refractivity contribution in [2.24, 2.45) is 0 Å². The molecule has 0 radical (unpaired) electrons. The molecule has 1 amide bonds. The summed E-state index contributed by atoms with van der Waals surface area (Å²) in [4.78, 5) is 18.0. The first-order valence-electron chi connectivity index (χ1n) is 6.79. The van der Waals surface area contributed by atoms with Crippen LogP contribution in [0.4, 0.5) is 4.79 Å². The third-order valence-corrected chi connectivity index (χ3v) is 3.61. The summed E-state index contributed by atoms with van der Waals surface area (Å²) in [6.45, 7) is 7.48. The van der Waals surface area contributed by atoms with Crippen LogP contribution in [0, 0.1) is 0 Å². The molecule has 5 nitrogen and oxygen atoms in total. The predicted molar refractivity (Wildman–Crippen MR) is 85.5 cm³/mol. The minimum absolute atomic E-state index is 0.0167. The Kier molecular flexibility index (Phi) is 5.11. The minimum atomic E-state index is -0.486. The zero-order valence-corrected chi connectivity index (χ0v) is 14.7. The highest BCUT2D eigenvalue weighted by atomic mass is 79.9. The van der Waals surface area contributed by atoms with Gasteiger partial charge in [-0.2, -0.15) is 0 Å². The second-order valence-electron chi connectivity index (χ2n) is 5.98. The van der Waals surface area contributed by atoms with Gasteiger partial charge < -0.3 is 15.0 Å². The number of carbonyl (C=O) groups is 1. The smallest absolute Gasteiger partial charge is 0.410 e. The normalized spacial score (nSPS) is 19.5. The maximum atomic E-state index is 12.2. The van der Waals surface area contributed by atoms with Gasteiger partial charge >= 0.3 is 6.09 Å². The average Bonchev–Trinajstić information content (AvgIpc) is 2.36. The van der Waals surface area contributed by atoms with Crippen LogP contribution in [0.25, 0.3) is 0 Å². The number of hydrogen-bond acceptors (Lipinski definition) is 4. The Bertz CT molecular complexity index is 513. The highest BCUT2D eigenvalue weighted by Gasteiger charge is 2.28. The molecule has 1 saturated heterocycles. The molecule has 1 fully saturated rings. The largest absolute Gasteiger partial charge is 0.444 e. The summed E-state index contributed by atoms with van der Waals surface area (Å²) >= 11 is 9.32. The van der Waals surface area contributed by atoms with Crippen LogP contribution in [0.3, 0.4) is 0 Å². The van der Waals surface area contributed by atoms with Gasteiger partial charge in [-0.15, -0.1) is 0 Å². The van der Waals surface area contributed by atoms with E-state index in [2.05, 4.69) is 26.2 Å². The van der Waals surface area contributed by atoms with Crippen molar-refractivity contribution in [3.63, 3.8) is 0 Å². The quantitative estimate of drug-likeness (QED) is 0.764. The van der Waals surface area contributed by atoms with E-state index < -0.39 is 5.60 Å². The number of nitrogens with zero attached hydrogens (tertiary/aromatic N) is 2. The Hall–Kier alpha value is -0.850. The molecule has 0 spiro atoms. The summed E-state index contributed by atoms with van der Waals surface area (Å²) in [5.41, 5.74) is 0.510. The average molecular weight is 377 g/mol. The fourth-order valence-corrected chi connectivity index (χ4v) is 2.92. The van der Waals surface area contributed by atoms with Gasteiger partial charge in [0.25, 0.3) is 0 Å². The maximum absolute atomic E-state index is 12.2. The van der Waals surface area contributed by atoms with Crippen LogP contribution in [0.2, 0.25) is 5.15 Å². The van der Waals surface area contributed by atoms with E-state index >= 15 is 0 Å². The third-order valence-electron chi connectivity index (χ3n) is 3.01. The molecule has 1 aromatic heterocycles. The monoisotopic (exact) mass is 375 g/mol. The standard InChI is InChI=1S/C14H19BrClN3O2/c1-14(2,3)21-13(20)19-5-4-17-10(8-19)9-6-11(15)18-12(16)7-9/h6-7,10,17H,4-5,8H2,1-3H3/t10-/m1/s1. The van der Waals surface area contributed by atoms with Crippen molar-refractivity contribution in [3.8, 4) is 0 Å². The molecule has 1 aliphatic heterocycles. The second kappa shape index (κ2) is 6.50. The maximum Gasteiger partial charge on any atom is 0.410 e. The lowest BCUT2D eigenvalue weighted by atomic mass is 10.1. The number of halogens is 2. The lowest BCUT2D eigenvalue weighted by Gasteiger charge is -2.35. The highest BCUT2D eigenvalue weighted by Crippen LogP contribution is 2.24. The summed E-state index contributed by atoms with van der Waals surface area (Å²) in [5.74, 6) is 0. The van der Waals surface area contributed by atoms with E-state index in [1.165, 1.54) is 0 Å². The van der Waals surface area contributed by atoms with E-state index in [-0.39, 0.29) is 12.1 Å². The number of aromatic nitrogens is 1. The number of hydrogen-bond donors (Lipinski definition) is 1. The molecule has 0 unspecified atom stereocenters. The molecule has 1 aliphatic rings. The molecule has 21 heavy (non-hydrogen) atoms. The molecule has 116 valence electrons. The molecular formula is C14H19BrClN3O2. The van der Waals surface area contributed by atoms with Crippen LogP contribution in [-0.4, -0.2) is 41.2 Å². The van der Waals surface area contributed by atoms with Gasteiger partial charge in [-0.05, 0) is 54.4 Å². The molecule has 0 aliphatic carbocycles. The van der Waals surface area contributed by atoms with Crippen LogP contribution in [0.5, 0.6) is 0 Å². The number of nitrogens with one attached hydrogen (secondary N) is 1. The Morgan fingerprint density at radius 2 is 2.24 bits per heavy atom. The van der Waals surface area contributed by atoms with Gasteiger partial charge in [0.1, 0.15) is 15.4 Å². The number of amides is 1. The van der Waals surface area contributed by atoms with Crippen molar-refractivity contribution in [1.29, 1.82) is 0 Å². The summed E-state index contributed by atoms with van der Waals surface area (Å²) in [6, 6.07) is 3.73. The van der Waals surface area contributed by atoms with E-state index in [9.17, 15) is 4.79 Å². The molecule has 0 bridgehead atoms. The Morgan fingerprint density at radius 1 is 1.52 bits per heavy atom. The molecule has 1 aromatic rings. The first kappa shape index (κ1) is 16.5. The molecule has 7 heteroatoms. The first-order valence-corrected chi connectivity index (χ1v) is 7.96. The van der Waals surface area contributed by atoms with E-state index in [0.29, 0.717) is 29.4 Å². The number of carbonyl (C=O) groups excluding carboxylic acids is 1. The van der Waals surface area contributed by atoms with Gasteiger partial charge in [0.05, 0.1) is 6.04 Å². The summed E-state index contributed by atoms with van der Waals surface area (Å²) in [6.07, 6.45) is -0.284. The van der Waals surface area contributed by atoms with Gasteiger partial charge in [-0.3, -0.25) is 0 Å². The topological polar surface area (TPSA) is 54.5 Å². The number of ether oxygens (including phenoxy) is 1. The zero-order valence-electron chi connectivity index (χ0n) is 12.3. The molecule has 0 aromatic carbocycles. The van der Waals surface area contributed by atoms with Crippen LogP contribution < -0.4 is 5.32 Å². The minimum Gasteiger partial charge on any atom is -0.444 e. The molecule has 1 N–H and O–H groups in total. The Balaban J connectivity index is 2.08. The van der Waals surface area contributed by atoms with Gasteiger partial charge in [-0.25, -0.2) is 9.78 Å². The zero-order chi connectivity index (χ0) is 15.6. The van der Waals surface area contributed by atoms with Crippen molar-refractivity contribution in [3.05, 3.63) is 27.5 Å². The van der Waals surface area contributed by atoms with Crippen LogP contribution in [0.1, 0.15) is 32.4 Å². The fraction of sp³-hybridized carbons (Fsp3) is 0.571. The summed E-state index contributed by atoms with van der Waals surface area (Å²) < 4.78 is 6.10. The summed E-state index contributed by atoms with van der Waals surface area (Å²) in [5, 5.41) is 3.81. The van der Waals surface area contributed by atoms with E-state index in [0.717, 1.165) is 5.56 Å². The number of pyridine rings is 1. The highest BCUT2D eigenvalue weighted by molar-refractivity contribution is 9.10. The van der Waals surface area contributed by atoms with Crippen LogP contribution >= 0.6 is 27.5 Å². The van der Waals surface area contributed by atoms with Crippen molar-refractivity contribution in [2.75, 3.05) is 19.6 Å². The predicted octanol–water partition coefficient (Wildman–Crippen LogP) is 3.38. The van der Waals surface area contributed by atoms with Crippen molar-refractivity contribution < 1.29 is 9.53 Å². The Morgan fingerprint density at radius 3 is 2.86 bits per heavy atom. The van der Waals surface area contributed by atoms with Crippen molar-refractivity contribution in [1.82, 2.24) is 15.2 Å². The molecule has 1 atom stereocenters. The lowest BCUT2D eigenvalue weighted by molar-refractivity contribution is 0.0195. The third kappa shape index (κ3) is 4.83. The van der Waals surface area contributed by atoms with Crippen molar-refractivity contribution in [2.45, 2.75) is 32.4 Å². The molecule has 2 rings (SSSR count). The molecule has 0 saturated carbocycles. The van der Waals surface area contributed by atoms with E-state index in [4.69, 9.17) is 16.3 Å². The van der Waals surface area contributed by atoms with Crippen LogP contribution in [0.15, 0.2) is 16.7 Å². The van der Waals surface area contributed by atoms with Gasteiger partial charge in [0, 0.05) is 19.6 Å². The molecular weight excluding hydrogens is 358 g/mol. The van der Waals surface area contributed by atoms with Gasteiger partial charge in [0.2, 0.25) is 0 Å². The second-order valence-corrected chi connectivity index (χ2v) is 7.18. The SMILES string of the molecule is CC(C)(C)OC(=O)N1CCN[C@@H](c2cc(Cl)nc(Br)c2)C1. The van der Waals surface area contributed by atoms with Crippen molar-refractivity contribution >= 4 is 33.6 Å². The number of piperazine rings is 1. The van der Waals surface area contributed by atoms with E-state index in [1.807, 2.05) is 32.9 Å². The van der Waals surface area contributed by atoms with Crippen LogP contribution in [-0.2, 0) is 4.74 Å². The van der Waals surface area contributed by atoms with Gasteiger partial charge in [0.15, 0.2) is 0 Å². The summed E-state index contributed by atoms with van der Waals surface area (Å²) in [7, 11) is 0.